The maximum Gasteiger partial charge on any atom is 0.303 e. The van der Waals surface area contributed by atoms with Crippen LogP contribution in [0.5, 0.6) is 0 Å². The average molecular weight is 270 g/mol. The second kappa shape index (κ2) is 8.91. The summed E-state index contributed by atoms with van der Waals surface area (Å²) in [4.78, 5) is 15.6. The fourth-order valence-electron chi connectivity index (χ4n) is 1.90. The Labute approximate surface area is 112 Å². The first kappa shape index (κ1) is 15.0. The highest BCUT2D eigenvalue weighted by atomic mass is 32.1. The third kappa shape index (κ3) is 7.27. The average Bonchev–Trinajstić information content (AvgIpc) is 2.72. The van der Waals surface area contributed by atoms with Crippen molar-refractivity contribution in [2.75, 3.05) is 5.73 Å². The van der Waals surface area contributed by atoms with Gasteiger partial charge in [0.05, 0.1) is 0 Å². The van der Waals surface area contributed by atoms with Crippen LogP contribution in [0.1, 0.15) is 56.2 Å². The molecule has 102 valence electrons. The van der Waals surface area contributed by atoms with E-state index >= 15 is 0 Å². The SMILES string of the molecule is Nc1ncc(CCCCCCCCCC(=O)O)s1. The molecule has 1 aromatic rings. The molecule has 3 N–H and O–H groups in total. The van der Waals surface area contributed by atoms with Gasteiger partial charge in [-0.15, -0.1) is 11.3 Å². The number of thiazole rings is 1. The zero-order valence-electron chi connectivity index (χ0n) is 10.7. The van der Waals surface area contributed by atoms with Gasteiger partial charge < -0.3 is 10.8 Å². The number of carbonyl (C=O) groups is 1. The van der Waals surface area contributed by atoms with E-state index < -0.39 is 5.97 Å². The van der Waals surface area contributed by atoms with Crippen LogP contribution < -0.4 is 5.73 Å². The Hall–Kier alpha value is -1.10. The Kier molecular flexibility index (Phi) is 7.41. The van der Waals surface area contributed by atoms with Crippen LogP contribution in [-0.2, 0) is 11.2 Å². The van der Waals surface area contributed by atoms with Crippen LogP contribution in [0.3, 0.4) is 0 Å². The molecule has 18 heavy (non-hydrogen) atoms. The first-order valence-electron chi connectivity index (χ1n) is 6.60. The van der Waals surface area contributed by atoms with Gasteiger partial charge in [-0.05, 0) is 19.3 Å². The molecule has 1 heterocycles. The van der Waals surface area contributed by atoms with E-state index in [-0.39, 0.29) is 0 Å². The van der Waals surface area contributed by atoms with Gasteiger partial charge in [0.1, 0.15) is 0 Å². The molecule has 1 aromatic heterocycles. The molecule has 4 nitrogen and oxygen atoms in total. The van der Waals surface area contributed by atoms with Gasteiger partial charge in [-0.2, -0.15) is 0 Å². The fraction of sp³-hybridized carbons (Fsp3) is 0.692. The molecule has 0 amide bonds. The van der Waals surface area contributed by atoms with Crippen LogP contribution in [0.15, 0.2) is 6.20 Å². The molecule has 5 heteroatoms. The van der Waals surface area contributed by atoms with Crippen molar-refractivity contribution in [2.24, 2.45) is 0 Å². The quantitative estimate of drug-likeness (QED) is 0.638. The third-order valence-corrected chi connectivity index (χ3v) is 3.77. The van der Waals surface area contributed by atoms with Crippen molar-refractivity contribution in [1.82, 2.24) is 4.98 Å². The molecular formula is C13H22N2O2S. The highest BCUT2D eigenvalue weighted by Crippen LogP contribution is 2.17. The minimum absolute atomic E-state index is 0.312. The number of rotatable bonds is 10. The first-order valence-corrected chi connectivity index (χ1v) is 7.42. The summed E-state index contributed by atoms with van der Waals surface area (Å²) in [5.74, 6) is -0.682. The number of nitrogens with zero attached hydrogens (tertiary/aromatic N) is 1. The lowest BCUT2D eigenvalue weighted by Gasteiger charge is -2.00. The number of aromatic nitrogens is 1. The number of carboxylic acids is 1. The summed E-state index contributed by atoms with van der Waals surface area (Å²) >= 11 is 1.58. The molecule has 0 aliphatic heterocycles. The number of anilines is 1. The molecule has 0 fully saturated rings. The van der Waals surface area contributed by atoms with E-state index in [2.05, 4.69) is 4.98 Å². The van der Waals surface area contributed by atoms with Crippen molar-refractivity contribution in [3.63, 3.8) is 0 Å². The van der Waals surface area contributed by atoms with Gasteiger partial charge in [0, 0.05) is 17.5 Å². The molecular weight excluding hydrogens is 248 g/mol. The number of nitrogen functional groups attached to an aromatic ring is 1. The summed E-state index contributed by atoms with van der Waals surface area (Å²) in [7, 11) is 0. The van der Waals surface area contributed by atoms with Crippen molar-refractivity contribution >= 4 is 22.4 Å². The van der Waals surface area contributed by atoms with Crippen molar-refractivity contribution in [2.45, 2.75) is 57.8 Å². The highest BCUT2D eigenvalue weighted by molar-refractivity contribution is 7.15. The molecule has 0 aliphatic carbocycles. The third-order valence-electron chi connectivity index (χ3n) is 2.89. The number of aryl methyl sites for hydroxylation is 1. The Morgan fingerprint density at radius 3 is 2.33 bits per heavy atom. The van der Waals surface area contributed by atoms with E-state index in [0.29, 0.717) is 11.6 Å². The lowest BCUT2D eigenvalue weighted by molar-refractivity contribution is -0.137. The van der Waals surface area contributed by atoms with Crippen molar-refractivity contribution < 1.29 is 9.90 Å². The lowest BCUT2D eigenvalue weighted by atomic mass is 10.1. The zero-order valence-corrected chi connectivity index (χ0v) is 11.5. The van der Waals surface area contributed by atoms with E-state index in [0.717, 1.165) is 25.7 Å². The van der Waals surface area contributed by atoms with Crippen LogP contribution in [0.4, 0.5) is 5.13 Å². The largest absolute Gasteiger partial charge is 0.481 e. The van der Waals surface area contributed by atoms with E-state index in [1.54, 1.807) is 11.3 Å². The second-order valence-electron chi connectivity index (χ2n) is 4.53. The van der Waals surface area contributed by atoms with Crippen molar-refractivity contribution in [1.29, 1.82) is 0 Å². The molecule has 0 atom stereocenters. The number of aliphatic carboxylic acids is 1. The number of carboxylic acid groups (broad SMARTS) is 1. The summed E-state index contributed by atoms with van der Waals surface area (Å²) in [6.45, 7) is 0. The van der Waals surface area contributed by atoms with Gasteiger partial charge in [0.15, 0.2) is 5.13 Å². The van der Waals surface area contributed by atoms with Crippen LogP contribution >= 0.6 is 11.3 Å². The maximum atomic E-state index is 10.3. The molecule has 0 unspecified atom stereocenters. The Balaban J connectivity index is 1.85. The number of hydrogen-bond acceptors (Lipinski definition) is 4. The zero-order chi connectivity index (χ0) is 13.2. The first-order chi connectivity index (χ1) is 8.68. The molecule has 0 saturated heterocycles. The predicted molar refractivity (Wildman–Crippen MR) is 74.8 cm³/mol. The minimum atomic E-state index is -0.682. The molecule has 0 aromatic carbocycles. The van der Waals surface area contributed by atoms with E-state index in [1.807, 2.05) is 6.20 Å². The number of nitrogens with two attached hydrogens (primary N) is 1. The van der Waals surface area contributed by atoms with E-state index in [9.17, 15) is 4.79 Å². The molecule has 1 rings (SSSR count). The van der Waals surface area contributed by atoms with Gasteiger partial charge in [-0.3, -0.25) is 4.79 Å². The Morgan fingerprint density at radius 2 is 1.78 bits per heavy atom. The summed E-state index contributed by atoms with van der Waals surface area (Å²) in [6.07, 6.45) is 11.1. The van der Waals surface area contributed by atoms with Gasteiger partial charge in [-0.1, -0.05) is 32.1 Å². The van der Waals surface area contributed by atoms with Crippen LogP contribution in [0.25, 0.3) is 0 Å². The van der Waals surface area contributed by atoms with Gasteiger partial charge in [-0.25, -0.2) is 4.98 Å². The summed E-state index contributed by atoms with van der Waals surface area (Å²) < 4.78 is 0. The molecule has 0 radical (unpaired) electrons. The van der Waals surface area contributed by atoms with Crippen LogP contribution in [-0.4, -0.2) is 16.1 Å². The van der Waals surface area contributed by atoms with E-state index in [1.165, 1.54) is 30.6 Å². The van der Waals surface area contributed by atoms with Gasteiger partial charge in [0.25, 0.3) is 0 Å². The molecule has 0 saturated carbocycles. The number of unbranched alkanes of at least 4 members (excludes halogenated alkanes) is 6. The van der Waals surface area contributed by atoms with Gasteiger partial charge in [0.2, 0.25) is 0 Å². The Bertz CT molecular complexity index is 353. The summed E-state index contributed by atoms with van der Waals surface area (Å²) in [5, 5.41) is 9.14. The fourth-order valence-corrected chi connectivity index (χ4v) is 2.62. The summed E-state index contributed by atoms with van der Waals surface area (Å²) in [5.41, 5.74) is 5.56. The standard InChI is InChI=1S/C13H22N2O2S/c14-13-15-10-11(18-13)8-6-4-2-1-3-5-7-9-12(16)17/h10H,1-9H2,(H2,14,15)(H,16,17). The van der Waals surface area contributed by atoms with E-state index in [4.69, 9.17) is 10.8 Å². The number of hydrogen-bond donors (Lipinski definition) is 2. The highest BCUT2D eigenvalue weighted by Gasteiger charge is 1.99. The van der Waals surface area contributed by atoms with Crippen LogP contribution in [0, 0.1) is 0 Å². The van der Waals surface area contributed by atoms with Crippen LogP contribution in [0.2, 0.25) is 0 Å². The second-order valence-corrected chi connectivity index (χ2v) is 5.68. The minimum Gasteiger partial charge on any atom is -0.481 e. The van der Waals surface area contributed by atoms with Crippen molar-refractivity contribution in [3.8, 4) is 0 Å². The molecule has 0 spiro atoms. The smallest absolute Gasteiger partial charge is 0.303 e. The molecule has 0 aliphatic rings. The summed E-state index contributed by atoms with van der Waals surface area (Å²) in [6, 6.07) is 0. The van der Waals surface area contributed by atoms with Gasteiger partial charge >= 0.3 is 5.97 Å². The molecule has 0 bridgehead atoms. The monoisotopic (exact) mass is 270 g/mol. The Morgan fingerprint density at radius 1 is 1.17 bits per heavy atom. The maximum absolute atomic E-state index is 10.3. The normalized spacial score (nSPS) is 10.7. The topological polar surface area (TPSA) is 76.2 Å². The lowest BCUT2D eigenvalue weighted by Crippen LogP contribution is -1.93. The predicted octanol–water partition coefficient (Wildman–Crippen LogP) is 3.47. The van der Waals surface area contributed by atoms with Crippen molar-refractivity contribution in [3.05, 3.63) is 11.1 Å².